The second-order valence-corrected chi connectivity index (χ2v) is 7.94. The van der Waals surface area contributed by atoms with Crippen LogP contribution >= 0.6 is 0 Å². The summed E-state index contributed by atoms with van der Waals surface area (Å²) in [4.78, 5) is 30.8. The minimum Gasteiger partial charge on any atom is -0.361 e. The van der Waals surface area contributed by atoms with Crippen molar-refractivity contribution < 1.29 is 4.52 Å². The second kappa shape index (κ2) is 7.17. The van der Waals surface area contributed by atoms with Crippen molar-refractivity contribution in [2.45, 2.75) is 61.2 Å². The standard InChI is InChI=1S/C19H27N5O3/c1-11(2)7-22-10-20-17-16(22)18(25)24(19(26)23(17)8-12(3)4)9-15-13(5)21-27-14(15)6/h10-12H,7-9H2,1-6H3. The first-order valence-corrected chi connectivity index (χ1v) is 9.30. The number of rotatable bonds is 6. The summed E-state index contributed by atoms with van der Waals surface area (Å²) in [6.07, 6.45) is 1.66. The largest absolute Gasteiger partial charge is 0.361 e. The van der Waals surface area contributed by atoms with Gasteiger partial charge in [0.05, 0.1) is 18.6 Å². The Balaban J connectivity index is 2.29. The van der Waals surface area contributed by atoms with E-state index in [1.165, 1.54) is 4.57 Å². The minimum absolute atomic E-state index is 0.139. The Labute approximate surface area is 157 Å². The molecule has 146 valence electrons. The molecule has 0 N–H and O–H groups in total. The van der Waals surface area contributed by atoms with Gasteiger partial charge in [-0.3, -0.25) is 13.9 Å². The van der Waals surface area contributed by atoms with Crippen LogP contribution in [0.15, 0.2) is 20.4 Å². The van der Waals surface area contributed by atoms with Gasteiger partial charge in [-0.25, -0.2) is 9.78 Å². The summed E-state index contributed by atoms with van der Waals surface area (Å²) in [5.74, 6) is 1.21. The van der Waals surface area contributed by atoms with Gasteiger partial charge >= 0.3 is 5.69 Å². The fourth-order valence-corrected chi connectivity index (χ4v) is 3.33. The molecule has 0 aliphatic heterocycles. The van der Waals surface area contributed by atoms with Crippen molar-refractivity contribution in [2.24, 2.45) is 11.8 Å². The van der Waals surface area contributed by atoms with Gasteiger partial charge in [-0.05, 0) is 25.7 Å². The van der Waals surface area contributed by atoms with Crippen molar-refractivity contribution in [1.29, 1.82) is 0 Å². The van der Waals surface area contributed by atoms with Gasteiger partial charge in [0.1, 0.15) is 5.76 Å². The quantitative estimate of drug-likeness (QED) is 0.662. The molecule has 3 aromatic rings. The van der Waals surface area contributed by atoms with Crippen LogP contribution in [0.3, 0.4) is 0 Å². The molecule has 27 heavy (non-hydrogen) atoms. The smallest absolute Gasteiger partial charge is 0.333 e. The van der Waals surface area contributed by atoms with Crippen LogP contribution in [0.4, 0.5) is 0 Å². The molecule has 8 nitrogen and oxygen atoms in total. The van der Waals surface area contributed by atoms with E-state index in [1.54, 1.807) is 17.8 Å². The molecule has 3 heterocycles. The lowest BCUT2D eigenvalue weighted by Gasteiger charge is -2.14. The van der Waals surface area contributed by atoms with E-state index in [4.69, 9.17) is 4.52 Å². The van der Waals surface area contributed by atoms with Crippen LogP contribution < -0.4 is 11.2 Å². The number of aryl methyl sites for hydroxylation is 2. The number of imidazole rings is 1. The van der Waals surface area contributed by atoms with Crippen LogP contribution in [0.25, 0.3) is 11.2 Å². The fourth-order valence-electron chi connectivity index (χ4n) is 3.33. The maximum atomic E-state index is 13.2. The average Bonchev–Trinajstić information content (AvgIpc) is 3.12. The number of aromatic nitrogens is 5. The fraction of sp³-hybridized carbons (Fsp3) is 0.579. The van der Waals surface area contributed by atoms with E-state index >= 15 is 0 Å². The Hall–Kier alpha value is -2.64. The third-order valence-electron chi connectivity index (χ3n) is 4.59. The normalized spacial score (nSPS) is 12.0. The Morgan fingerprint density at radius 2 is 1.70 bits per heavy atom. The number of fused-ring (bicyclic) bond motifs is 1. The van der Waals surface area contributed by atoms with Gasteiger partial charge in [-0.1, -0.05) is 32.9 Å². The Kier molecular flexibility index (Phi) is 5.08. The lowest BCUT2D eigenvalue weighted by Crippen LogP contribution is -2.41. The van der Waals surface area contributed by atoms with Crippen molar-refractivity contribution in [3.05, 3.63) is 44.2 Å². The molecule has 0 aromatic carbocycles. The van der Waals surface area contributed by atoms with Gasteiger partial charge in [-0.2, -0.15) is 0 Å². The Morgan fingerprint density at radius 3 is 2.26 bits per heavy atom. The maximum Gasteiger partial charge on any atom is 0.333 e. The summed E-state index contributed by atoms with van der Waals surface area (Å²) in [7, 11) is 0. The topological polar surface area (TPSA) is 87.8 Å². The Bertz CT molecular complexity index is 1060. The van der Waals surface area contributed by atoms with Crippen LogP contribution in [0.1, 0.15) is 44.7 Å². The first kappa shape index (κ1) is 19.1. The van der Waals surface area contributed by atoms with E-state index in [9.17, 15) is 9.59 Å². The molecule has 0 saturated heterocycles. The van der Waals surface area contributed by atoms with E-state index in [1.807, 2.05) is 25.3 Å². The predicted octanol–water partition coefficient (Wildman–Crippen LogP) is 2.32. The molecule has 0 saturated carbocycles. The molecule has 0 spiro atoms. The summed E-state index contributed by atoms with van der Waals surface area (Å²) < 4.78 is 9.93. The van der Waals surface area contributed by atoms with E-state index < -0.39 is 0 Å². The minimum atomic E-state index is -0.351. The molecule has 3 aromatic heterocycles. The third kappa shape index (κ3) is 3.48. The van der Waals surface area contributed by atoms with Crippen LogP contribution in [-0.2, 0) is 19.6 Å². The zero-order chi connectivity index (χ0) is 19.9. The van der Waals surface area contributed by atoms with Crippen LogP contribution in [-0.4, -0.2) is 23.8 Å². The van der Waals surface area contributed by atoms with Crippen molar-refractivity contribution in [3.63, 3.8) is 0 Å². The summed E-state index contributed by atoms with van der Waals surface area (Å²) in [6, 6.07) is 0. The van der Waals surface area contributed by atoms with Crippen molar-refractivity contribution in [1.82, 2.24) is 23.8 Å². The highest BCUT2D eigenvalue weighted by molar-refractivity contribution is 5.70. The lowest BCUT2D eigenvalue weighted by atomic mass is 10.2. The van der Waals surface area contributed by atoms with E-state index in [2.05, 4.69) is 24.0 Å². The lowest BCUT2D eigenvalue weighted by molar-refractivity contribution is 0.391. The van der Waals surface area contributed by atoms with Gasteiger partial charge in [-0.15, -0.1) is 0 Å². The zero-order valence-corrected chi connectivity index (χ0v) is 16.8. The zero-order valence-electron chi connectivity index (χ0n) is 16.8. The number of hydrogen-bond acceptors (Lipinski definition) is 5. The molecule has 0 atom stereocenters. The SMILES string of the molecule is Cc1noc(C)c1Cn1c(=O)c2c(ncn2CC(C)C)n(CC(C)C)c1=O. The molecule has 0 bridgehead atoms. The third-order valence-corrected chi connectivity index (χ3v) is 4.59. The van der Waals surface area contributed by atoms with Crippen molar-refractivity contribution in [3.8, 4) is 0 Å². The van der Waals surface area contributed by atoms with E-state index in [0.29, 0.717) is 41.6 Å². The first-order valence-electron chi connectivity index (χ1n) is 9.30. The molecular formula is C19H27N5O3. The van der Waals surface area contributed by atoms with Gasteiger partial charge in [0.15, 0.2) is 11.2 Å². The van der Waals surface area contributed by atoms with E-state index in [-0.39, 0.29) is 23.7 Å². The monoisotopic (exact) mass is 373 g/mol. The molecule has 0 aliphatic carbocycles. The van der Waals surface area contributed by atoms with Crippen molar-refractivity contribution >= 4 is 11.2 Å². The molecule has 0 amide bonds. The first-order chi connectivity index (χ1) is 12.7. The predicted molar refractivity (Wildman–Crippen MR) is 103 cm³/mol. The number of nitrogens with zero attached hydrogens (tertiary/aromatic N) is 5. The van der Waals surface area contributed by atoms with Crippen LogP contribution in [0.5, 0.6) is 0 Å². The van der Waals surface area contributed by atoms with Crippen LogP contribution in [0, 0.1) is 25.7 Å². The summed E-state index contributed by atoms with van der Waals surface area (Å²) in [5.41, 5.74) is 1.69. The van der Waals surface area contributed by atoms with Crippen LogP contribution in [0.2, 0.25) is 0 Å². The van der Waals surface area contributed by atoms with Gasteiger partial charge in [0, 0.05) is 18.7 Å². The Morgan fingerprint density at radius 1 is 1.04 bits per heavy atom. The highest BCUT2D eigenvalue weighted by Gasteiger charge is 2.21. The molecule has 0 radical (unpaired) electrons. The summed E-state index contributed by atoms with van der Waals surface area (Å²) in [6.45, 7) is 13.1. The molecule has 3 rings (SSSR count). The molecule has 0 fully saturated rings. The highest BCUT2D eigenvalue weighted by atomic mass is 16.5. The summed E-state index contributed by atoms with van der Waals surface area (Å²) >= 11 is 0. The van der Waals surface area contributed by atoms with Gasteiger partial charge in [0.25, 0.3) is 5.56 Å². The average molecular weight is 373 g/mol. The second-order valence-electron chi connectivity index (χ2n) is 7.94. The highest BCUT2D eigenvalue weighted by Crippen LogP contribution is 2.15. The maximum absolute atomic E-state index is 13.2. The van der Waals surface area contributed by atoms with Gasteiger partial charge < -0.3 is 9.09 Å². The molecule has 8 heteroatoms. The molecular weight excluding hydrogens is 346 g/mol. The molecule has 0 aliphatic rings. The van der Waals surface area contributed by atoms with Crippen molar-refractivity contribution in [2.75, 3.05) is 0 Å². The molecule has 0 unspecified atom stereocenters. The number of hydrogen-bond donors (Lipinski definition) is 0. The van der Waals surface area contributed by atoms with Gasteiger partial charge in [0.2, 0.25) is 0 Å². The van der Waals surface area contributed by atoms with E-state index in [0.717, 1.165) is 5.56 Å². The summed E-state index contributed by atoms with van der Waals surface area (Å²) in [5, 5.41) is 3.93.